The smallest absolute Gasteiger partial charge is 0.0833 e. The first-order valence-corrected chi connectivity index (χ1v) is 14.0. The number of rotatable bonds is 10. The third-order valence-corrected chi connectivity index (χ3v) is 5.19. The molecule has 6 heteroatoms. The molecule has 2 unspecified atom stereocenters. The third-order valence-electron chi connectivity index (χ3n) is 5.19. The molecule has 1 saturated heterocycles. The van der Waals surface area contributed by atoms with Crippen LogP contribution in [0.3, 0.4) is 0 Å². The summed E-state index contributed by atoms with van der Waals surface area (Å²) in [6.07, 6.45) is 10.00. The van der Waals surface area contributed by atoms with Gasteiger partial charge >= 0.3 is 0 Å². The molecule has 1 heterocycles. The fourth-order valence-corrected chi connectivity index (χ4v) is 3.35. The molecule has 0 aromatic heterocycles. The Kier molecular flexibility index (Phi) is 19.7. The zero-order chi connectivity index (χ0) is 26.9. The van der Waals surface area contributed by atoms with Crippen molar-refractivity contribution < 1.29 is 28.4 Å². The van der Waals surface area contributed by atoms with Gasteiger partial charge in [-0.15, -0.1) is 0 Å². The molecular formula is C29H60O6. The highest BCUT2D eigenvalue weighted by Gasteiger charge is 2.23. The molecule has 2 atom stereocenters. The summed E-state index contributed by atoms with van der Waals surface area (Å²) in [5.41, 5.74) is 0.0745. The topological polar surface area (TPSA) is 55.4 Å². The Bertz CT molecular complexity index is 458. The highest BCUT2D eigenvalue weighted by Crippen LogP contribution is 2.29. The molecule has 0 spiro atoms. The molecule has 6 nitrogen and oxygen atoms in total. The van der Waals surface area contributed by atoms with E-state index in [-0.39, 0.29) is 11.7 Å². The maximum Gasteiger partial charge on any atom is 0.0833 e. The van der Waals surface area contributed by atoms with Gasteiger partial charge in [0.2, 0.25) is 0 Å². The Hall–Kier alpha value is -0.240. The van der Waals surface area contributed by atoms with Gasteiger partial charge in [0.05, 0.1) is 55.4 Å². The van der Waals surface area contributed by atoms with E-state index in [0.717, 1.165) is 32.2 Å². The lowest BCUT2D eigenvalue weighted by Crippen LogP contribution is -2.31. The summed E-state index contributed by atoms with van der Waals surface area (Å²) in [6, 6.07) is 0. The summed E-state index contributed by atoms with van der Waals surface area (Å²) in [5.74, 6) is 0.914. The van der Waals surface area contributed by atoms with Gasteiger partial charge in [0.1, 0.15) is 0 Å². The van der Waals surface area contributed by atoms with E-state index in [1.165, 1.54) is 32.1 Å². The molecule has 3 rings (SSSR count). The molecule has 3 fully saturated rings. The number of hydrogen-bond acceptors (Lipinski definition) is 6. The van der Waals surface area contributed by atoms with Gasteiger partial charge in [-0.25, -0.2) is 0 Å². The minimum Gasteiger partial charge on any atom is -0.382 e. The molecule has 212 valence electrons. The zero-order valence-electron chi connectivity index (χ0n) is 25.1. The van der Waals surface area contributed by atoms with E-state index in [0.29, 0.717) is 37.1 Å². The molecular weight excluding hydrogens is 444 g/mol. The van der Waals surface area contributed by atoms with Crippen molar-refractivity contribution in [3.63, 3.8) is 0 Å². The predicted molar refractivity (Wildman–Crippen MR) is 145 cm³/mol. The molecule has 0 radical (unpaired) electrons. The first-order chi connectivity index (χ1) is 16.3. The lowest BCUT2D eigenvalue weighted by atomic mass is 9.95. The van der Waals surface area contributed by atoms with Crippen LogP contribution in [-0.4, -0.2) is 75.8 Å². The van der Waals surface area contributed by atoms with Crippen molar-refractivity contribution >= 4 is 0 Å². The predicted octanol–water partition coefficient (Wildman–Crippen LogP) is 6.82. The van der Waals surface area contributed by atoms with E-state index in [9.17, 15) is 0 Å². The second-order valence-electron chi connectivity index (χ2n) is 11.7. The summed E-state index contributed by atoms with van der Waals surface area (Å²) in [7, 11) is 1.68. The average molecular weight is 505 g/mol. The van der Waals surface area contributed by atoms with Gasteiger partial charge in [-0.05, 0) is 114 Å². The fraction of sp³-hybridized carbons (Fsp3) is 1.00. The maximum atomic E-state index is 5.67. The number of methoxy groups -OCH3 is 1. The van der Waals surface area contributed by atoms with Crippen LogP contribution in [-0.2, 0) is 28.4 Å². The standard InChI is InChI=1S/C8H16O.C7H14O2.C7H16O2.C7H14O/c1-8(2,3)9-7-5-4-6-7;1-6(2)9-7-3-4-8-5-7;1-6(2)9-7(3)5-8-4;1-6(2)8-5-7-3-4-7/h7H,4-6H2,1-3H3;6-7H,3-5H2,1-2H3;6-7H,5H2,1-4H3;6-7H,3-5H2,1-2H3. The SMILES string of the molecule is CC(C)(C)OC1CCC1.CC(C)OC1CCOC1.CC(C)OCC1CC1.COCC(C)OC(C)C. The molecule has 2 aliphatic carbocycles. The van der Waals surface area contributed by atoms with Crippen LogP contribution >= 0.6 is 0 Å². The van der Waals surface area contributed by atoms with Crippen LogP contribution in [0.4, 0.5) is 0 Å². The number of hydrogen-bond donors (Lipinski definition) is 0. The second kappa shape index (κ2) is 19.8. The first-order valence-electron chi connectivity index (χ1n) is 14.0. The van der Waals surface area contributed by atoms with E-state index >= 15 is 0 Å². The molecule has 2 saturated carbocycles. The van der Waals surface area contributed by atoms with Crippen LogP contribution in [0.15, 0.2) is 0 Å². The van der Waals surface area contributed by atoms with Crippen LogP contribution in [0, 0.1) is 5.92 Å². The van der Waals surface area contributed by atoms with Crippen LogP contribution in [0.1, 0.15) is 108 Å². The van der Waals surface area contributed by atoms with Gasteiger partial charge in [0.25, 0.3) is 0 Å². The molecule has 0 aromatic carbocycles. The summed E-state index contributed by atoms with van der Waals surface area (Å²) in [6.45, 7) is 24.0. The lowest BCUT2D eigenvalue weighted by molar-refractivity contribution is -0.0916. The van der Waals surface area contributed by atoms with Crippen molar-refractivity contribution in [2.75, 3.05) is 33.5 Å². The second-order valence-corrected chi connectivity index (χ2v) is 11.7. The van der Waals surface area contributed by atoms with E-state index in [2.05, 4.69) is 48.5 Å². The summed E-state index contributed by atoms with van der Waals surface area (Å²) in [4.78, 5) is 0. The third kappa shape index (κ3) is 25.2. The van der Waals surface area contributed by atoms with Crippen molar-refractivity contribution in [3.8, 4) is 0 Å². The van der Waals surface area contributed by atoms with Crippen LogP contribution in [0.2, 0.25) is 0 Å². The monoisotopic (exact) mass is 504 g/mol. The van der Waals surface area contributed by atoms with Gasteiger partial charge in [-0.3, -0.25) is 0 Å². The normalized spacial score (nSPS) is 20.9. The quantitative estimate of drug-likeness (QED) is 0.325. The molecule has 0 aromatic rings. The number of ether oxygens (including phenoxy) is 6. The van der Waals surface area contributed by atoms with Crippen molar-refractivity contribution in [3.05, 3.63) is 0 Å². The zero-order valence-corrected chi connectivity index (χ0v) is 25.1. The Morgan fingerprint density at radius 3 is 1.74 bits per heavy atom. The summed E-state index contributed by atoms with van der Waals surface area (Å²) < 4.78 is 31.9. The van der Waals surface area contributed by atoms with E-state index in [4.69, 9.17) is 28.4 Å². The van der Waals surface area contributed by atoms with E-state index < -0.39 is 0 Å². The van der Waals surface area contributed by atoms with Crippen LogP contribution in [0.5, 0.6) is 0 Å². The van der Waals surface area contributed by atoms with Gasteiger partial charge in [0.15, 0.2) is 0 Å². The molecule has 0 bridgehead atoms. The van der Waals surface area contributed by atoms with Crippen LogP contribution in [0.25, 0.3) is 0 Å². The molecule has 0 amide bonds. The van der Waals surface area contributed by atoms with Crippen molar-refractivity contribution in [1.29, 1.82) is 0 Å². The summed E-state index contributed by atoms with van der Waals surface area (Å²) in [5, 5.41) is 0. The van der Waals surface area contributed by atoms with E-state index in [1.54, 1.807) is 7.11 Å². The van der Waals surface area contributed by atoms with Gasteiger partial charge in [0, 0.05) is 20.3 Å². The Morgan fingerprint density at radius 1 is 0.800 bits per heavy atom. The minimum absolute atomic E-state index is 0.0745. The molecule has 1 aliphatic heterocycles. The molecule has 0 N–H and O–H groups in total. The Balaban J connectivity index is 0.000000441. The van der Waals surface area contributed by atoms with Crippen LogP contribution < -0.4 is 0 Å². The molecule has 35 heavy (non-hydrogen) atoms. The minimum atomic E-state index is 0.0745. The van der Waals surface area contributed by atoms with Crippen molar-refractivity contribution in [2.45, 2.75) is 150 Å². The highest BCUT2D eigenvalue weighted by atomic mass is 16.6. The van der Waals surface area contributed by atoms with Gasteiger partial charge < -0.3 is 28.4 Å². The fourth-order valence-electron chi connectivity index (χ4n) is 3.35. The Morgan fingerprint density at radius 2 is 1.43 bits per heavy atom. The summed E-state index contributed by atoms with van der Waals surface area (Å²) >= 11 is 0. The van der Waals surface area contributed by atoms with Gasteiger partial charge in [-0.2, -0.15) is 0 Å². The highest BCUT2D eigenvalue weighted by molar-refractivity contribution is 4.73. The average Bonchev–Trinajstić information content (AvgIpc) is 3.39. The van der Waals surface area contributed by atoms with Gasteiger partial charge in [-0.1, -0.05) is 0 Å². The lowest BCUT2D eigenvalue weighted by Gasteiger charge is -2.32. The van der Waals surface area contributed by atoms with Crippen molar-refractivity contribution in [2.24, 2.45) is 5.92 Å². The van der Waals surface area contributed by atoms with Crippen molar-refractivity contribution in [1.82, 2.24) is 0 Å². The Labute approximate surface area is 218 Å². The first kappa shape index (κ1) is 34.8. The van der Waals surface area contributed by atoms with E-state index in [1.807, 2.05) is 20.8 Å². The molecule has 3 aliphatic rings. The maximum absolute atomic E-state index is 5.67. The largest absolute Gasteiger partial charge is 0.382 e.